The third kappa shape index (κ3) is 4.90. The fourth-order valence-corrected chi connectivity index (χ4v) is 3.34. The maximum atomic E-state index is 12.7. The topological polar surface area (TPSA) is 85.9 Å². The number of rotatable bonds is 9. The molecular weight excluding hydrogens is 384 g/mol. The van der Waals surface area contributed by atoms with Gasteiger partial charge in [-0.1, -0.05) is 24.9 Å². The molecule has 0 radical (unpaired) electrons. The van der Waals surface area contributed by atoms with Crippen LogP contribution in [0.3, 0.4) is 0 Å². The molecule has 0 saturated heterocycles. The van der Waals surface area contributed by atoms with Crippen molar-refractivity contribution >= 4 is 23.6 Å². The molecule has 1 aliphatic heterocycles. The molecule has 0 aromatic heterocycles. The zero-order valence-electron chi connectivity index (χ0n) is 16.7. The molecule has 0 fully saturated rings. The number of hydrogen-bond donors (Lipinski definition) is 2. The molecule has 2 rings (SSSR count). The summed E-state index contributed by atoms with van der Waals surface area (Å²) in [7, 11) is 0. The van der Waals surface area contributed by atoms with E-state index >= 15 is 0 Å². The van der Waals surface area contributed by atoms with E-state index in [0.29, 0.717) is 53.0 Å². The highest BCUT2D eigenvalue weighted by molar-refractivity contribution is 6.32. The van der Waals surface area contributed by atoms with Crippen LogP contribution in [0.25, 0.3) is 0 Å². The van der Waals surface area contributed by atoms with Crippen molar-refractivity contribution in [3.05, 3.63) is 34.0 Å². The average Bonchev–Trinajstić information content (AvgIpc) is 2.64. The molecule has 1 heterocycles. The number of carbonyl (C=O) groups is 2. The van der Waals surface area contributed by atoms with Gasteiger partial charge in [0.05, 0.1) is 36.5 Å². The van der Waals surface area contributed by atoms with Crippen LogP contribution in [0.5, 0.6) is 11.5 Å². The standard InChI is InChI=1S/C20H27ClN2O5/c1-5-9-14-16(19(24)28-8-4)17(23-20(25)22-14)12-10-13(21)18(27-7-3)15(11-12)26-6-2/h10-11,17H,5-9H2,1-4H3,(H2,22,23,25). The molecule has 0 spiro atoms. The lowest BCUT2D eigenvalue weighted by atomic mass is 9.93. The van der Waals surface area contributed by atoms with E-state index in [0.717, 1.165) is 6.42 Å². The first kappa shape index (κ1) is 21.9. The van der Waals surface area contributed by atoms with Gasteiger partial charge in [-0.05, 0) is 44.9 Å². The molecule has 0 saturated carbocycles. The Kier molecular flexibility index (Phi) is 7.99. The lowest BCUT2D eigenvalue weighted by molar-refractivity contribution is -0.139. The van der Waals surface area contributed by atoms with Gasteiger partial charge in [0.2, 0.25) is 0 Å². The van der Waals surface area contributed by atoms with E-state index in [2.05, 4.69) is 10.6 Å². The summed E-state index contributed by atoms with van der Waals surface area (Å²) in [5.41, 5.74) is 1.53. The summed E-state index contributed by atoms with van der Waals surface area (Å²) in [6.07, 6.45) is 1.31. The maximum absolute atomic E-state index is 12.7. The maximum Gasteiger partial charge on any atom is 0.338 e. The summed E-state index contributed by atoms with van der Waals surface area (Å²) in [6, 6.07) is 2.32. The second-order valence-corrected chi connectivity index (χ2v) is 6.50. The fraction of sp³-hybridized carbons (Fsp3) is 0.500. The Bertz CT molecular complexity index is 763. The molecule has 1 aliphatic rings. The van der Waals surface area contributed by atoms with Crippen LogP contribution in [0.15, 0.2) is 23.4 Å². The Labute approximate surface area is 170 Å². The molecule has 2 amide bonds. The van der Waals surface area contributed by atoms with Crippen molar-refractivity contribution in [1.82, 2.24) is 10.6 Å². The summed E-state index contributed by atoms with van der Waals surface area (Å²) in [5, 5.41) is 5.87. The first-order chi connectivity index (χ1) is 13.5. The van der Waals surface area contributed by atoms with Gasteiger partial charge in [-0.2, -0.15) is 0 Å². The van der Waals surface area contributed by atoms with E-state index in [1.807, 2.05) is 20.8 Å². The highest BCUT2D eigenvalue weighted by Crippen LogP contribution is 2.40. The minimum atomic E-state index is -0.707. The van der Waals surface area contributed by atoms with Crippen LogP contribution in [0.4, 0.5) is 4.79 Å². The lowest BCUT2D eigenvalue weighted by Gasteiger charge is -2.30. The number of nitrogens with one attached hydrogen (secondary N) is 2. The normalized spacial score (nSPS) is 16.3. The van der Waals surface area contributed by atoms with Crippen LogP contribution >= 0.6 is 11.6 Å². The minimum Gasteiger partial charge on any atom is -0.490 e. The number of halogens is 1. The molecule has 154 valence electrons. The van der Waals surface area contributed by atoms with Crippen LogP contribution in [-0.2, 0) is 9.53 Å². The molecule has 0 aliphatic carbocycles. The van der Waals surface area contributed by atoms with Crippen molar-refractivity contribution in [3.8, 4) is 11.5 Å². The highest BCUT2D eigenvalue weighted by Gasteiger charge is 2.34. The third-order valence-corrected chi connectivity index (χ3v) is 4.38. The Morgan fingerprint density at radius 1 is 1.11 bits per heavy atom. The van der Waals surface area contributed by atoms with Gasteiger partial charge < -0.3 is 24.8 Å². The van der Waals surface area contributed by atoms with Crippen molar-refractivity contribution in [2.24, 2.45) is 0 Å². The van der Waals surface area contributed by atoms with Gasteiger partial charge in [0.15, 0.2) is 11.5 Å². The SMILES string of the molecule is CCCC1=C(C(=O)OCC)C(c2cc(Cl)c(OCC)c(OCC)c2)NC(=O)N1. The van der Waals surface area contributed by atoms with Crippen molar-refractivity contribution in [1.29, 1.82) is 0 Å². The van der Waals surface area contributed by atoms with Gasteiger partial charge in [-0.15, -0.1) is 0 Å². The lowest BCUT2D eigenvalue weighted by Crippen LogP contribution is -2.46. The van der Waals surface area contributed by atoms with Gasteiger partial charge in [-0.3, -0.25) is 0 Å². The quantitative estimate of drug-likeness (QED) is 0.598. The van der Waals surface area contributed by atoms with Gasteiger partial charge in [0.25, 0.3) is 0 Å². The third-order valence-electron chi connectivity index (χ3n) is 4.10. The fourth-order valence-electron chi connectivity index (χ4n) is 3.07. The van der Waals surface area contributed by atoms with E-state index in [-0.39, 0.29) is 12.6 Å². The Balaban J connectivity index is 2.59. The van der Waals surface area contributed by atoms with Crippen LogP contribution < -0.4 is 20.1 Å². The van der Waals surface area contributed by atoms with Gasteiger partial charge >= 0.3 is 12.0 Å². The van der Waals surface area contributed by atoms with Crippen LogP contribution in [0.2, 0.25) is 5.02 Å². The minimum absolute atomic E-state index is 0.233. The molecular formula is C20H27ClN2O5. The van der Waals surface area contributed by atoms with E-state index < -0.39 is 12.0 Å². The number of allylic oxidation sites excluding steroid dienone is 1. The summed E-state index contributed by atoms with van der Waals surface area (Å²) in [4.78, 5) is 24.9. The molecule has 0 bridgehead atoms. The smallest absolute Gasteiger partial charge is 0.338 e. The number of amides is 2. The monoisotopic (exact) mass is 410 g/mol. The molecule has 1 unspecified atom stereocenters. The number of carbonyl (C=O) groups excluding carboxylic acids is 2. The largest absolute Gasteiger partial charge is 0.490 e. The average molecular weight is 411 g/mol. The predicted octanol–water partition coefficient (Wildman–Crippen LogP) is 4.11. The van der Waals surface area contributed by atoms with Crippen molar-refractivity contribution < 1.29 is 23.8 Å². The Hall–Kier alpha value is -2.41. The van der Waals surface area contributed by atoms with Gasteiger partial charge in [-0.25, -0.2) is 9.59 Å². The number of esters is 1. The van der Waals surface area contributed by atoms with Gasteiger partial charge in [0.1, 0.15) is 0 Å². The first-order valence-electron chi connectivity index (χ1n) is 9.53. The molecule has 2 N–H and O–H groups in total. The first-order valence-corrected chi connectivity index (χ1v) is 9.91. The van der Waals surface area contributed by atoms with E-state index in [1.165, 1.54) is 0 Å². The zero-order chi connectivity index (χ0) is 20.7. The Morgan fingerprint density at radius 3 is 2.43 bits per heavy atom. The molecule has 1 aromatic rings. The molecule has 8 heteroatoms. The second-order valence-electron chi connectivity index (χ2n) is 6.09. The summed E-state index contributed by atoms with van der Waals surface area (Å²) < 4.78 is 16.5. The summed E-state index contributed by atoms with van der Waals surface area (Å²) in [5.74, 6) is 0.414. The van der Waals surface area contributed by atoms with E-state index in [9.17, 15) is 9.59 Å². The van der Waals surface area contributed by atoms with E-state index in [1.54, 1.807) is 19.1 Å². The number of hydrogen-bond acceptors (Lipinski definition) is 5. The number of benzene rings is 1. The highest BCUT2D eigenvalue weighted by atomic mass is 35.5. The molecule has 28 heavy (non-hydrogen) atoms. The van der Waals surface area contributed by atoms with E-state index in [4.69, 9.17) is 25.8 Å². The zero-order valence-corrected chi connectivity index (χ0v) is 17.4. The summed E-state index contributed by atoms with van der Waals surface area (Å²) >= 11 is 6.43. The molecule has 1 aromatic carbocycles. The van der Waals surface area contributed by atoms with Gasteiger partial charge in [0, 0.05) is 5.70 Å². The van der Waals surface area contributed by atoms with Crippen molar-refractivity contribution in [2.45, 2.75) is 46.6 Å². The number of urea groups is 1. The van der Waals surface area contributed by atoms with Crippen molar-refractivity contribution in [2.75, 3.05) is 19.8 Å². The molecule has 1 atom stereocenters. The van der Waals surface area contributed by atoms with Crippen LogP contribution in [0, 0.1) is 0 Å². The van der Waals surface area contributed by atoms with Crippen LogP contribution in [0.1, 0.15) is 52.1 Å². The summed E-state index contributed by atoms with van der Waals surface area (Å²) in [6.45, 7) is 8.49. The predicted molar refractivity (Wildman–Crippen MR) is 107 cm³/mol. The van der Waals surface area contributed by atoms with Crippen molar-refractivity contribution in [3.63, 3.8) is 0 Å². The number of ether oxygens (including phenoxy) is 3. The second kappa shape index (κ2) is 10.2. The molecule has 7 nitrogen and oxygen atoms in total. The van der Waals surface area contributed by atoms with Crippen LogP contribution in [-0.4, -0.2) is 31.8 Å². The Morgan fingerprint density at radius 2 is 1.82 bits per heavy atom.